The Labute approximate surface area is 187 Å². The van der Waals surface area contributed by atoms with Crippen molar-refractivity contribution in [2.24, 2.45) is 0 Å². The van der Waals surface area contributed by atoms with Crippen molar-refractivity contribution in [3.8, 4) is 5.75 Å². The van der Waals surface area contributed by atoms with Crippen molar-refractivity contribution in [3.05, 3.63) is 76.7 Å². The van der Waals surface area contributed by atoms with Crippen LogP contribution in [0.5, 0.6) is 5.75 Å². The first-order valence-electron chi connectivity index (χ1n) is 9.85. The molecule has 1 aromatic heterocycles. The number of aryl methyl sites for hydroxylation is 1. The molecule has 2 aromatic carbocycles. The Morgan fingerprint density at radius 1 is 1.16 bits per heavy atom. The highest BCUT2D eigenvalue weighted by molar-refractivity contribution is 7.94. The molecule has 0 aliphatic carbocycles. The van der Waals surface area contributed by atoms with Gasteiger partial charge in [0, 0.05) is 12.6 Å². The first kappa shape index (κ1) is 22.8. The van der Waals surface area contributed by atoms with E-state index in [9.17, 15) is 13.2 Å². The lowest BCUT2D eigenvalue weighted by Gasteiger charge is -2.20. The molecule has 0 spiro atoms. The molecule has 1 amide bonds. The summed E-state index contributed by atoms with van der Waals surface area (Å²) in [5.74, 6) is 0.595. The molecule has 0 fully saturated rings. The standard InChI is InChI=1S/C23H26N2O4S2/c1-5-20(18-10-13-21(29-4)16(2)15-18)24-23(26)17-8-11-19(12-9-17)25(3)31(27,28)22-7-6-14-30-22/h6-15,20H,5H2,1-4H3,(H,24,26)/t20-/m0/s1. The van der Waals surface area contributed by atoms with Crippen LogP contribution in [0.15, 0.2) is 64.2 Å². The number of amides is 1. The second kappa shape index (κ2) is 9.53. The third-order valence-corrected chi connectivity index (χ3v) is 8.30. The minimum atomic E-state index is -3.61. The van der Waals surface area contributed by atoms with Crippen molar-refractivity contribution in [2.45, 2.75) is 30.5 Å². The molecule has 1 N–H and O–H groups in total. The predicted octanol–water partition coefficient (Wildman–Crippen LogP) is 4.77. The summed E-state index contributed by atoms with van der Waals surface area (Å²) in [5.41, 5.74) is 2.97. The van der Waals surface area contributed by atoms with E-state index in [2.05, 4.69) is 5.32 Å². The number of nitrogens with one attached hydrogen (secondary N) is 1. The lowest BCUT2D eigenvalue weighted by atomic mass is 10.0. The van der Waals surface area contributed by atoms with Crippen LogP contribution < -0.4 is 14.4 Å². The van der Waals surface area contributed by atoms with Crippen LogP contribution in [0, 0.1) is 6.92 Å². The third-order valence-electron chi connectivity index (χ3n) is 5.14. The number of nitrogens with zero attached hydrogens (tertiary/aromatic N) is 1. The van der Waals surface area contributed by atoms with Gasteiger partial charge in [0.1, 0.15) is 9.96 Å². The summed E-state index contributed by atoms with van der Waals surface area (Å²) in [7, 11) is -0.474. The maximum Gasteiger partial charge on any atom is 0.273 e. The van der Waals surface area contributed by atoms with Crippen LogP contribution in [0.2, 0.25) is 0 Å². The fraction of sp³-hybridized carbons (Fsp3) is 0.261. The molecule has 1 heterocycles. The van der Waals surface area contributed by atoms with Gasteiger partial charge in [0.15, 0.2) is 0 Å². The van der Waals surface area contributed by atoms with Crippen LogP contribution in [0.4, 0.5) is 5.69 Å². The number of methoxy groups -OCH3 is 1. The molecular weight excluding hydrogens is 432 g/mol. The Balaban J connectivity index is 1.74. The van der Waals surface area contributed by atoms with Crippen LogP contribution in [0.1, 0.15) is 40.9 Å². The number of anilines is 1. The van der Waals surface area contributed by atoms with E-state index in [1.165, 1.54) is 22.7 Å². The number of carbonyl (C=O) groups excluding carboxylic acids is 1. The summed E-state index contributed by atoms with van der Waals surface area (Å²) in [4.78, 5) is 12.8. The van der Waals surface area contributed by atoms with Gasteiger partial charge in [-0.2, -0.15) is 0 Å². The summed E-state index contributed by atoms with van der Waals surface area (Å²) in [6.45, 7) is 3.98. The maximum atomic E-state index is 12.8. The summed E-state index contributed by atoms with van der Waals surface area (Å²) >= 11 is 1.17. The zero-order valence-electron chi connectivity index (χ0n) is 18.0. The van der Waals surface area contributed by atoms with Gasteiger partial charge in [0.25, 0.3) is 15.9 Å². The number of rotatable bonds is 8. The second-order valence-electron chi connectivity index (χ2n) is 7.11. The lowest BCUT2D eigenvalue weighted by molar-refractivity contribution is 0.0935. The van der Waals surface area contributed by atoms with Crippen LogP contribution in [0.25, 0.3) is 0 Å². The first-order valence-corrected chi connectivity index (χ1v) is 12.2. The molecular formula is C23H26N2O4S2. The minimum Gasteiger partial charge on any atom is -0.496 e. The van der Waals surface area contributed by atoms with E-state index in [-0.39, 0.29) is 16.2 Å². The van der Waals surface area contributed by atoms with E-state index < -0.39 is 10.0 Å². The molecule has 0 saturated carbocycles. The molecule has 6 nitrogen and oxygen atoms in total. The van der Waals surface area contributed by atoms with Gasteiger partial charge in [0.05, 0.1) is 18.8 Å². The van der Waals surface area contributed by atoms with Crippen molar-refractivity contribution in [1.82, 2.24) is 5.32 Å². The Hall–Kier alpha value is -2.84. The normalized spacial score (nSPS) is 12.3. The van der Waals surface area contributed by atoms with Crippen molar-refractivity contribution in [2.75, 3.05) is 18.5 Å². The number of hydrogen-bond donors (Lipinski definition) is 1. The average molecular weight is 459 g/mol. The quantitative estimate of drug-likeness (QED) is 0.528. The molecule has 0 aliphatic rings. The molecule has 0 bridgehead atoms. The van der Waals surface area contributed by atoms with E-state index in [1.54, 1.807) is 48.9 Å². The fourth-order valence-electron chi connectivity index (χ4n) is 3.29. The van der Waals surface area contributed by atoms with Gasteiger partial charge in [-0.3, -0.25) is 9.10 Å². The van der Waals surface area contributed by atoms with Crippen LogP contribution in [0.3, 0.4) is 0 Å². The molecule has 3 rings (SSSR count). The zero-order chi connectivity index (χ0) is 22.6. The maximum absolute atomic E-state index is 12.8. The number of thiophene rings is 1. The molecule has 3 aromatic rings. The SMILES string of the molecule is CC[C@H](NC(=O)c1ccc(N(C)S(=O)(=O)c2cccs2)cc1)c1ccc(OC)c(C)c1. The third kappa shape index (κ3) is 4.91. The van der Waals surface area contributed by atoms with Crippen molar-refractivity contribution >= 4 is 33.0 Å². The Morgan fingerprint density at radius 2 is 1.87 bits per heavy atom. The molecule has 1 atom stereocenters. The lowest BCUT2D eigenvalue weighted by Crippen LogP contribution is -2.28. The van der Waals surface area contributed by atoms with Gasteiger partial charge in [0.2, 0.25) is 0 Å². The van der Waals surface area contributed by atoms with E-state index in [4.69, 9.17) is 4.74 Å². The number of ether oxygens (including phenoxy) is 1. The van der Waals surface area contributed by atoms with Gasteiger partial charge in [-0.05, 0) is 66.2 Å². The Bertz CT molecular complexity index is 1140. The topological polar surface area (TPSA) is 75.7 Å². The van der Waals surface area contributed by atoms with E-state index in [0.717, 1.165) is 23.3 Å². The molecule has 0 unspecified atom stereocenters. The van der Waals surface area contributed by atoms with Gasteiger partial charge in [-0.1, -0.05) is 25.1 Å². The van der Waals surface area contributed by atoms with Crippen LogP contribution in [-0.4, -0.2) is 28.5 Å². The predicted molar refractivity (Wildman–Crippen MR) is 125 cm³/mol. The van der Waals surface area contributed by atoms with Crippen molar-refractivity contribution in [3.63, 3.8) is 0 Å². The Morgan fingerprint density at radius 3 is 2.42 bits per heavy atom. The molecule has 0 radical (unpaired) electrons. The van der Waals surface area contributed by atoms with Crippen LogP contribution >= 0.6 is 11.3 Å². The van der Waals surface area contributed by atoms with Gasteiger partial charge in [-0.15, -0.1) is 11.3 Å². The largest absolute Gasteiger partial charge is 0.496 e. The molecule has 0 saturated heterocycles. The number of sulfonamides is 1. The highest BCUT2D eigenvalue weighted by atomic mass is 32.2. The zero-order valence-corrected chi connectivity index (χ0v) is 19.6. The second-order valence-corrected chi connectivity index (χ2v) is 10.3. The molecule has 164 valence electrons. The Kier molecular flexibility index (Phi) is 7.02. The minimum absolute atomic E-state index is 0.140. The number of benzene rings is 2. The summed E-state index contributed by atoms with van der Waals surface area (Å²) in [5, 5.41) is 4.78. The number of carbonyl (C=O) groups is 1. The summed E-state index contributed by atoms with van der Waals surface area (Å²) < 4.78 is 32.2. The van der Waals surface area contributed by atoms with Gasteiger partial charge < -0.3 is 10.1 Å². The van der Waals surface area contributed by atoms with E-state index >= 15 is 0 Å². The molecule has 31 heavy (non-hydrogen) atoms. The smallest absolute Gasteiger partial charge is 0.273 e. The van der Waals surface area contributed by atoms with E-state index in [0.29, 0.717) is 11.3 Å². The van der Waals surface area contributed by atoms with Crippen molar-refractivity contribution in [1.29, 1.82) is 0 Å². The molecule has 0 aliphatic heterocycles. The first-order chi connectivity index (χ1) is 14.8. The highest BCUT2D eigenvalue weighted by Crippen LogP contribution is 2.27. The monoisotopic (exact) mass is 458 g/mol. The van der Waals surface area contributed by atoms with Gasteiger partial charge >= 0.3 is 0 Å². The van der Waals surface area contributed by atoms with Crippen LogP contribution in [-0.2, 0) is 10.0 Å². The van der Waals surface area contributed by atoms with E-state index in [1.807, 2.05) is 32.0 Å². The molecule has 8 heteroatoms. The van der Waals surface area contributed by atoms with Gasteiger partial charge in [-0.25, -0.2) is 8.42 Å². The average Bonchev–Trinajstić information content (AvgIpc) is 3.32. The van der Waals surface area contributed by atoms with Crippen molar-refractivity contribution < 1.29 is 17.9 Å². The fourth-order valence-corrected chi connectivity index (χ4v) is 5.64. The summed E-state index contributed by atoms with van der Waals surface area (Å²) in [6.07, 6.45) is 0.734. The number of hydrogen-bond acceptors (Lipinski definition) is 5. The highest BCUT2D eigenvalue weighted by Gasteiger charge is 2.22. The summed E-state index contributed by atoms with van der Waals surface area (Å²) in [6, 6.07) is 15.5.